The van der Waals surface area contributed by atoms with E-state index in [9.17, 15) is 9.65 Å². The number of pyridine rings is 1. The van der Waals surface area contributed by atoms with Gasteiger partial charge in [-0.25, -0.2) is 9.37 Å². The average Bonchev–Trinajstić information content (AvgIpc) is 3.33. The molecule has 196 valence electrons. The van der Waals surface area contributed by atoms with Crippen molar-refractivity contribution in [3.63, 3.8) is 0 Å². The molecular weight excluding hydrogens is 505 g/mol. The van der Waals surface area contributed by atoms with Crippen LogP contribution in [0.4, 0.5) is 10.2 Å². The maximum atomic E-state index is 13.2. The number of fused-ring (bicyclic) bond motifs is 3. The van der Waals surface area contributed by atoms with Crippen molar-refractivity contribution in [1.29, 1.82) is 5.26 Å². The number of halogens is 2. The van der Waals surface area contributed by atoms with Gasteiger partial charge in [0.15, 0.2) is 0 Å². The summed E-state index contributed by atoms with van der Waals surface area (Å²) in [4.78, 5) is 7.18. The summed E-state index contributed by atoms with van der Waals surface area (Å²) in [5.74, 6) is 1.60. The van der Waals surface area contributed by atoms with Crippen LogP contribution in [0.2, 0.25) is 5.02 Å². The van der Waals surface area contributed by atoms with Gasteiger partial charge < -0.3 is 15.0 Å². The molecule has 4 aliphatic rings. The Morgan fingerprint density at radius 1 is 1.29 bits per heavy atom. The molecular formula is C28H29ClFN7O. The molecule has 8 nitrogen and oxygen atoms in total. The van der Waals surface area contributed by atoms with Crippen molar-refractivity contribution >= 4 is 23.5 Å². The van der Waals surface area contributed by atoms with Crippen molar-refractivity contribution in [3.8, 4) is 11.8 Å². The number of methoxy groups -OCH3 is 1. The highest BCUT2D eigenvalue weighted by molar-refractivity contribution is 6.32. The molecule has 10 heteroatoms. The topological polar surface area (TPSA) is 91.0 Å². The number of nitriles is 1. The molecule has 0 radical (unpaired) electrons. The molecule has 0 aliphatic carbocycles. The van der Waals surface area contributed by atoms with Crippen molar-refractivity contribution in [2.75, 3.05) is 38.3 Å². The Morgan fingerprint density at radius 2 is 2.16 bits per heavy atom. The minimum atomic E-state index is -0.663. The van der Waals surface area contributed by atoms with E-state index >= 15 is 0 Å². The quantitative estimate of drug-likeness (QED) is 0.458. The smallest absolute Gasteiger partial charge is 0.137 e. The summed E-state index contributed by atoms with van der Waals surface area (Å²) in [6.45, 7) is 1.91. The molecule has 3 saturated heterocycles. The zero-order valence-corrected chi connectivity index (χ0v) is 21.9. The van der Waals surface area contributed by atoms with Crippen LogP contribution in [0, 0.1) is 11.3 Å². The van der Waals surface area contributed by atoms with E-state index in [1.165, 1.54) is 5.56 Å². The molecule has 38 heavy (non-hydrogen) atoms. The van der Waals surface area contributed by atoms with Crippen molar-refractivity contribution in [3.05, 3.63) is 76.2 Å². The van der Waals surface area contributed by atoms with E-state index in [0.717, 1.165) is 43.0 Å². The standard InChI is InChI=1S/C28H29ClFN7O/c1-38-25-4-2-19(10-23(25)29)11-27-12-22(35-27)16-36(17-27)26-5-3-21(15-32-26)28(33-9-8-30)7-6-24-20(13-31)14-34-37(24)18-28/h2-7,10,14-15,22,33,35H,8-9,11-12,16-18H2,1H3. The Hall–Kier alpha value is -3.45. The number of ether oxygens (including phenoxy) is 1. The maximum Gasteiger partial charge on any atom is 0.137 e. The van der Waals surface area contributed by atoms with Gasteiger partial charge in [0.25, 0.3) is 0 Å². The number of nitrogens with zero attached hydrogens (tertiary/aromatic N) is 5. The maximum absolute atomic E-state index is 13.2. The molecule has 0 spiro atoms. The van der Waals surface area contributed by atoms with Crippen LogP contribution in [0.1, 0.15) is 28.8 Å². The Morgan fingerprint density at radius 3 is 2.87 bits per heavy atom. The van der Waals surface area contributed by atoms with E-state index in [-0.39, 0.29) is 12.1 Å². The molecule has 7 rings (SSSR count). The van der Waals surface area contributed by atoms with Gasteiger partial charge in [-0.15, -0.1) is 0 Å². The molecule has 0 saturated carbocycles. The molecule has 3 fully saturated rings. The summed E-state index contributed by atoms with van der Waals surface area (Å²) in [5, 5.41) is 21.5. The second kappa shape index (κ2) is 9.70. The highest BCUT2D eigenvalue weighted by Gasteiger charge is 2.49. The lowest BCUT2D eigenvalue weighted by Crippen LogP contribution is -2.76. The van der Waals surface area contributed by atoms with Gasteiger partial charge in [0.1, 0.15) is 24.3 Å². The summed E-state index contributed by atoms with van der Waals surface area (Å²) < 4.78 is 20.3. The van der Waals surface area contributed by atoms with Gasteiger partial charge in [-0.2, -0.15) is 10.4 Å². The summed E-state index contributed by atoms with van der Waals surface area (Å²) in [7, 11) is 1.62. The minimum Gasteiger partial charge on any atom is -0.495 e. The van der Waals surface area contributed by atoms with Gasteiger partial charge in [0.2, 0.25) is 0 Å². The SMILES string of the molecule is COc1ccc(CC23CC(CN(c4ccc(C5(NCCF)C=Cc6c(C#N)cnn6C5)cn4)C2)N3)cc1Cl. The van der Waals surface area contributed by atoms with E-state index in [0.29, 0.717) is 28.9 Å². The number of nitrogens with one attached hydrogen (secondary N) is 2. The van der Waals surface area contributed by atoms with Crippen LogP contribution in [0.25, 0.3) is 6.08 Å². The summed E-state index contributed by atoms with van der Waals surface area (Å²) in [6, 6.07) is 12.7. The normalized spacial score (nSPS) is 25.4. The fraction of sp³-hybridized carbons (Fsp3) is 0.393. The fourth-order valence-corrected chi connectivity index (χ4v) is 6.45. The Labute approximate surface area is 226 Å². The second-order valence-corrected chi connectivity index (χ2v) is 10.8. The first-order valence-corrected chi connectivity index (χ1v) is 13.1. The summed E-state index contributed by atoms with van der Waals surface area (Å²) >= 11 is 6.37. The summed E-state index contributed by atoms with van der Waals surface area (Å²) in [5.41, 5.74) is 2.70. The van der Waals surface area contributed by atoms with Crippen molar-refractivity contribution in [2.45, 2.75) is 36.5 Å². The number of piperazine rings is 1. The largest absolute Gasteiger partial charge is 0.495 e. The third-order valence-corrected chi connectivity index (χ3v) is 8.18. The number of rotatable bonds is 8. The number of alkyl halides is 1. The van der Waals surface area contributed by atoms with E-state index in [2.05, 4.69) is 38.8 Å². The van der Waals surface area contributed by atoms with Crippen LogP contribution >= 0.6 is 11.6 Å². The lowest BCUT2D eigenvalue weighted by atomic mass is 9.73. The van der Waals surface area contributed by atoms with Gasteiger partial charge >= 0.3 is 0 Å². The zero-order chi connectivity index (χ0) is 26.3. The lowest BCUT2D eigenvalue weighted by Gasteiger charge is -2.58. The van der Waals surface area contributed by atoms with Crippen molar-refractivity contribution in [1.82, 2.24) is 25.4 Å². The van der Waals surface area contributed by atoms with Gasteiger partial charge in [-0.05, 0) is 48.2 Å². The molecule has 2 N–H and O–H groups in total. The van der Waals surface area contributed by atoms with E-state index < -0.39 is 12.2 Å². The molecule has 3 aromatic rings. The fourth-order valence-electron chi connectivity index (χ4n) is 6.17. The van der Waals surface area contributed by atoms with Crippen LogP contribution in [0.5, 0.6) is 5.75 Å². The number of aromatic nitrogens is 3. The highest BCUT2D eigenvalue weighted by Crippen LogP contribution is 2.38. The third kappa shape index (κ3) is 4.33. The molecule has 3 atom stereocenters. The zero-order valence-electron chi connectivity index (χ0n) is 21.1. The van der Waals surface area contributed by atoms with Gasteiger partial charge in [0.05, 0.1) is 41.7 Å². The average molecular weight is 534 g/mol. The lowest BCUT2D eigenvalue weighted by molar-refractivity contribution is 0.107. The van der Waals surface area contributed by atoms with Crippen molar-refractivity contribution < 1.29 is 9.13 Å². The van der Waals surface area contributed by atoms with Gasteiger partial charge in [-0.3, -0.25) is 10.00 Å². The van der Waals surface area contributed by atoms with Crippen LogP contribution in [-0.4, -0.2) is 59.8 Å². The molecule has 4 aliphatic heterocycles. The van der Waals surface area contributed by atoms with E-state index in [1.54, 1.807) is 18.0 Å². The molecule has 0 amide bonds. The first-order chi connectivity index (χ1) is 18.5. The predicted molar refractivity (Wildman–Crippen MR) is 144 cm³/mol. The Balaban J connectivity index is 1.21. The minimum absolute atomic E-state index is 0.0217. The number of anilines is 1. The molecule has 3 unspecified atom stereocenters. The summed E-state index contributed by atoms with van der Waals surface area (Å²) in [6.07, 6.45) is 9.30. The van der Waals surface area contributed by atoms with E-state index in [1.807, 2.05) is 36.5 Å². The number of piperidine rings is 1. The monoisotopic (exact) mass is 533 g/mol. The van der Waals surface area contributed by atoms with E-state index in [4.69, 9.17) is 21.3 Å². The molecule has 2 bridgehead atoms. The van der Waals surface area contributed by atoms with Crippen molar-refractivity contribution in [2.24, 2.45) is 0 Å². The Kier molecular flexibility index (Phi) is 6.34. The first-order valence-electron chi connectivity index (χ1n) is 12.7. The third-order valence-electron chi connectivity index (χ3n) is 7.89. The van der Waals surface area contributed by atoms with Crippen LogP contribution in [0.3, 0.4) is 0 Å². The Bertz CT molecular complexity index is 1410. The molecule has 2 aromatic heterocycles. The number of hydrogen-bond acceptors (Lipinski definition) is 7. The predicted octanol–water partition coefficient (Wildman–Crippen LogP) is 3.46. The highest BCUT2D eigenvalue weighted by atomic mass is 35.5. The number of hydrogen-bond donors (Lipinski definition) is 2. The molecule has 1 aromatic carbocycles. The van der Waals surface area contributed by atoms with Crippen LogP contribution < -0.4 is 20.3 Å². The van der Waals surface area contributed by atoms with Gasteiger partial charge in [0, 0.05) is 37.4 Å². The second-order valence-electron chi connectivity index (χ2n) is 10.4. The van der Waals surface area contributed by atoms with Crippen LogP contribution in [0.15, 0.2) is 48.8 Å². The van der Waals surface area contributed by atoms with Crippen LogP contribution in [-0.2, 0) is 18.5 Å². The number of benzene rings is 1. The first kappa shape index (κ1) is 24.9. The molecule has 6 heterocycles. The van der Waals surface area contributed by atoms with Gasteiger partial charge in [-0.1, -0.05) is 29.8 Å².